The molecule has 1 fully saturated rings. The van der Waals surface area contributed by atoms with Crippen LogP contribution >= 0.6 is 0 Å². The van der Waals surface area contributed by atoms with Crippen LogP contribution in [0.5, 0.6) is 0 Å². The Morgan fingerprint density at radius 2 is 1.91 bits per heavy atom. The number of aromatic nitrogens is 4. The first-order valence-electron chi connectivity index (χ1n) is 11.1. The van der Waals surface area contributed by atoms with E-state index in [2.05, 4.69) is 10.00 Å². The van der Waals surface area contributed by atoms with E-state index in [1.54, 1.807) is 17.0 Å². The maximum Gasteiger partial charge on any atom is 0.228 e. The molecule has 8 heteroatoms. The fourth-order valence-corrected chi connectivity index (χ4v) is 4.76. The van der Waals surface area contributed by atoms with Gasteiger partial charge in [0.15, 0.2) is 0 Å². The topological polar surface area (TPSA) is 67.2 Å². The first-order valence-corrected chi connectivity index (χ1v) is 11.1. The van der Waals surface area contributed by atoms with Crippen molar-refractivity contribution in [3.63, 3.8) is 0 Å². The Morgan fingerprint density at radius 1 is 1.09 bits per heavy atom. The van der Waals surface area contributed by atoms with Crippen molar-refractivity contribution in [3.8, 4) is 0 Å². The van der Waals surface area contributed by atoms with Crippen molar-refractivity contribution in [1.82, 2.24) is 24.6 Å². The smallest absolute Gasteiger partial charge is 0.228 e. The third kappa shape index (κ3) is 3.90. The minimum absolute atomic E-state index is 0.0454. The molecule has 1 aromatic carbocycles. The zero-order chi connectivity index (χ0) is 22.2. The number of anilines is 1. The zero-order valence-corrected chi connectivity index (χ0v) is 18.5. The Labute approximate surface area is 186 Å². The molecule has 0 N–H and O–H groups in total. The van der Waals surface area contributed by atoms with E-state index in [-0.39, 0.29) is 17.8 Å². The average molecular weight is 435 g/mol. The molecule has 4 heterocycles. The molecule has 2 aliphatic rings. The van der Waals surface area contributed by atoms with Crippen molar-refractivity contribution in [1.29, 1.82) is 0 Å². The maximum absolute atomic E-state index is 13.3. The predicted molar refractivity (Wildman–Crippen MR) is 118 cm³/mol. The molecule has 0 unspecified atom stereocenters. The van der Waals surface area contributed by atoms with Crippen LogP contribution in [0.3, 0.4) is 0 Å². The highest BCUT2D eigenvalue weighted by Crippen LogP contribution is 2.35. The zero-order valence-electron chi connectivity index (χ0n) is 18.5. The molecule has 5 rings (SSSR count). The molecule has 2 aliphatic heterocycles. The van der Waals surface area contributed by atoms with Crippen molar-refractivity contribution >= 4 is 11.7 Å². The predicted octanol–water partition coefficient (Wildman–Crippen LogP) is 3.47. The molecule has 0 spiro atoms. The van der Waals surface area contributed by atoms with Crippen LogP contribution in [0.1, 0.15) is 53.6 Å². The van der Waals surface area contributed by atoms with Crippen LogP contribution in [0.4, 0.5) is 10.2 Å². The Bertz CT molecular complexity index is 1140. The van der Waals surface area contributed by atoms with E-state index in [0.29, 0.717) is 25.2 Å². The maximum atomic E-state index is 13.3. The van der Waals surface area contributed by atoms with Gasteiger partial charge in [0.2, 0.25) is 5.91 Å². The second kappa shape index (κ2) is 8.43. The number of fused-ring (bicyclic) bond motifs is 1. The van der Waals surface area contributed by atoms with Gasteiger partial charge >= 0.3 is 0 Å². The van der Waals surface area contributed by atoms with Gasteiger partial charge in [0, 0.05) is 37.5 Å². The number of hydrogen-bond acceptors (Lipinski definition) is 5. The van der Waals surface area contributed by atoms with E-state index in [4.69, 9.17) is 9.97 Å². The lowest BCUT2D eigenvalue weighted by molar-refractivity contribution is -0.119. The third-order valence-electron chi connectivity index (χ3n) is 6.56. The standard InChI is InChI=1S/C24H27FN6O/c1-16-20-9-10-22(32)31(14-17-5-7-18(25)8-6-17)24(20)28-23(27-16)21-4-3-13-30(21)15-19-11-12-26-29(19)2/h5-8,11-12,21H,3-4,9-10,13-15H2,1-2H3/t21-/m1/s1. The van der Waals surface area contributed by atoms with Gasteiger partial charge in [-0.05, 0) is 56.5 Å². The second-order valence-electron chi connectivity index (χ2n) is 8.65. The average Bonchev–Trinajstić information content (AvgIpc) is 3.41. The van der Waals surface area contributed by atoms with Gasteiger partial charge in [0.25, 0.3) is 0 Å². The Morgan fingerprint density at radius 3 is 2.66 bits per heavy atom. The quantitative estimate of drug-likeness (QED) is 0.615. The van der Waals surface area contributed by atoms with Gasteiger partial charge in [-0.2, -0.15) is 5.10 Å². The minimum atomic E-state index is -0.283. The van der Waals surface area contributed by atoms with Crippen LogP contribution in [0.15, 0.2) is 36.5 Å². The van der Waals surface area contributed by atoms with Gasteiger partial charge in [0.05, 0.1) is 18.3 Å². The summed E-state index contributed by atoms with van der Waals surface area (Å²) in [4.78, 5) is 26.8. The molecule has 0 bridgehead atoms. The van der Waals surface area contributed by atoms with Crippen LogP contribution in [-0.4, -0.2) is 37.1 Å². The lowest BCUT2D eigenvalue weighted by Gasteiger charge is -2.31. The number of amides is 1. The summed E-state index contributed by atoms with van der Waals surface area (Å²) in [5, 5.41) is 4.28. The fourth-order valence-electron chi connectivity index (χ4n) is 4.76. The SMILES string of the molecule is Cc1nc([C@H]2CCCN2Cc2ccnn2C)nc2c1CCC(=O)N2Cc1ccc(F)cc1. The molecule has 32 heavy (non-hydrogen) atoms. The molecule has 0 saturated carbocycles. The normalized spacial score (nSPS) is 18.9. The van der Waals surface area contributed by atoms with Crippen molar-refractivity contribution < 1.29 is 9.18 Å². The molecule has 0 radical (unpaired) electrons. The van der Waals surface area contributed by atoms with E-state index in [1.807, 2.05) is 30.9 Å². The molecular formula is C24H27FN6O. The highest BCUT2D eigenvalue weighted by atomic mass is 19.1. The Balaban J connectivity index is 1.47. The van der Waals surface area contributed by atoms with E-state index in [0.717, 1.165) is 54.3 Å². The van der Waals surface area contributed by atoms with E-state index in [9.17, 15) is 9.18 Å². The number of aryl methyl sites for hydroxylation is 2. The Hall–Kier alpha value is -3.13. The van der Waals surface area contributed by atoms with Gasteiger partial charge in [0.1, 0.15) is 17.5 Å². The highest BCUT2D eigenvalue weighted by Gasteiger charge is 2.33. The summed E-state index contributed by atoms with van der Waals surface area (Å²) >= 11 is 0. The van der Waals surface area contributed by atoms with Gasteiger partial charge in [-0.15, -0.1) is 0 Å². The summed E-state index contributed by atoms with van der Waals surface area (Å²) in [7, 11) is 1.96. The fraction of sp³-hybridized carbons (Fsp3) is 0.417. The number of nitrogens with zero attached hydrogens (tertiary/aromatic N) is 6. The van der Waals surface area contributed by atoms with Crippen LogP contribution in [0, 0.1) is 12.7 Å². The monoisotopic (exact) mass is 434 g/mol. The molecule has 1 saturated heterocycles. The largest absolute Gasteiger partial charge is 0.292 e. The van der Waals surface area contributed by atoms with Crippen LogP contribution < -0.4 is 4.90 Å². The number of carbonyl (C=O) groups is 1. The molecular weight excluding hydrogens is 407 g/mol. The third-order valence-corrected chi connectivity index (χ3v) is 6.56. The lowest BCUT2D eigenvalue weighted by Crippen LogP contribution is -2.37. The van der Waals surface area contributed by atoms with Gasteiger partial charge in [-0.3, -0.25) is 19.3 Å². The molecule has 7 nitrogen and oxygen atoms in total. The van der Waals surface area contributed by atoms with Gasteiger partial charge in [-0.25, -0.2) is 14.4 Å². The number of carbonyl (C=O) groups excluding carboxylic acids is 1. The summed E-state index contributed by atoms with van der Waals surface area (Å²) < 4.78 is 15.2. The summed E-state index contributed by atoms with van der Waals surface area (Å²) in [6.07, 6.45) is 4.98. The van der Waals surface area contributed by atoms with Gasteiger partial charge in [-0.1, -0.05) is 12.1 Å². The van der Waals surface area contributed by atoms with E-state index < -0.39 is 0 Å². The molecule has 1 amide bonds. The molecule has 0 aliphatic carbocycles. The first-order chi connectivity index (χ1) is 15.5. The van der Waals surface area contributed by atoms with Crippen molar-refractivity contribution in [2.45, 2.75) is 51.7 Å². The minimum Gasteiger partial charge on any atom is -0.292 e. The van der Waals surface area contributed by atoms with Crippen molar-refractivity contribution in [2.24, 2.45) is 7.05 Å². The first kappa shape index (κ1) is 20.8. The molecule has 166 valence electrons. The molecule has 2 aromatic heterocycles. The van der Waals surface area contributed by atoms with Crippen molar-refractivity contribution in [3.05, 3.63) is 70.7 Å². The van der Waals surface area contributed by atoms with Crippen molar-refractivity contribution in [2.75, 3.05) is 11.4 Å². The van der Waals surface area contributed by atoms with Crippen LogP contribution in [-0.2, 0) is 31.4 Å². The number of halogens is 1. The Kier molecular flexibility index (Phi) is 5.46. The second-order valence-corrected chi connectivity index (χ2v) is 8.65. The summed E-state index contributed by atoms with van der Waals surface area (Å²) in [6.45, 7) is 4.16. The number of hydrogen-bond donors (Lipinski definition) is 0. The van der Waals surface area contributed by atoms with Crippen LogP contribution in [0.25, 0.3) is 0 Å². The number of likely N-dealkylation sites (tertiary alicyclic amines) is 1. The lowest BCUT2D eigenvalue weighted by atomic mass is 10.0. The number of rotatable bonds is 5. The van der Waals surface area contributed by atoms with Gasteiger partial charge < -0.3 is 0 Å². The number of benzene rings is 1. The highest BCUT2D eigenvalue weighted by molar-refractivity contribution is 5.95. The van der Waals surface area contributed by atoms with Crippen LogP contribution in [0.2, 0.25) is 0 Å². The molecule has 1 atom stereocenters. The summed E-state index contributed by atoms with van der Waals surface area (Å²) in [5.41, 5.74) is 4.00. The summed E-state index contributed by atoms with van der Waals surface area (Å²) in [5.74, 6) is 1.25. The molecule has 3 aromatic rings. The summed E-state index contributed by atoms with van der Waals surface area (Å²) in [6, 6.07) is 8.44. The van der Waals surface area contributed by atoms with E-state index in [1.165, 1.54) is 12.1 Å². The van der Waals surface area contributed by atoms with E-state index >= 15 is 0 Å².